The molecular weight excluding hydrogens is 1580 g/mol. The lowest BCUT2D eigenvalue weighted by Gasteiger charge is -2.52. The Morgan fingerprint density at radius 2 is 0.388 bits per heavy atom. The zero-order valence-corrected chi connectivity index (χ0v) is 70.9. The predicted octanol–water partition coefficient (Wildman–Crippen LogP) is 7.10. The van der Waals surface area contributed by atoms with Crippen LogP contribution in [-0.2, 0) is 177 Å². The fourth-order valence-corrected chi connectivity index (χ4v) is 16.5. The molecule has 0 aliphatic carbocycles. The molecule has 6 heterocycles. The molecule has 0 amide bonds. The van der Waals surface area contributed by atoms with Gasteiger partial charge in [-0.25, -0.2) is 0 Å². The number of methoxy groups -OCH3 is 12. The van der Waals surface area contributed by atoms with E-state index in [4.69, 9.17) is 137 Å². The van der Waals surface area contributed by atoms with E-state index in [2.05, 4.69) is 0 Å². The number of aliphatic hydroxyl groups is 2. The van der Waals surface area contributed by atoms with Gasteiger partial charge < -0.3 is 148 Å². The molecule has 0 saturated carbocycles. The molecule has 31 nitrogen and oxygen atoms in total. The van der Waals surface area contributed by atoms with Gasteiger partial charge in [-0.2, -0.15) is 0 Å². The molecule has 0 bridgehead atoms. The molecule has 12 rings (SSSR count). The van der Waals surface area contributed by atoms with Crippen molar-refractivity contribution in [1.29, 1.82) is 0 Å². The number of benzene rings is 6. The minimum Gasteiger partial charge on any atom is -0.387 e. The Hall–Kier alpha value is -5.92. The lowest BCUT2D eigenvalue weighted by Crippen LogP contribution is -2.69. The molecule has 31 heteroatoms. The van der Waals surface area contributed by atoms with E-state index in [1.54, 1.807) is 28.4 Å². The maximum atomic E-state index is 11.9. The van der Waals surface area contributed by atoms with E-state index >= 15 is 0 Å². The third kappa shape index (κ3) is 24.5. The number of hydrogen-bond acceptors (Lipinski definition) is 31. The van der Waals surface area contributed by atoms with Gasteiger partial charge in [0.2, 0.25) is 0 Å². The van der Waals surface area contributed by atoms with Gasteiger partial charge in [-0.1, -0.05) is 182 Å². The summed E-state index contributed by atoms with van der Waals surface area (Å²) in [5.74, 6) is 0. The molecule has 2 N–H and O–H groups in total. The number of hydrogen-bond donors (Lipinski definition) is 2. The molecule has 0 aromatic heterocycles. The predicted molar refractivity (Wildman–Crippen MR) is 431 cm³/mol. The summed E-state index contributed by atoms with van der Waals surface area (Å²) in [5, 5.41) is 23.4. The first-order valence-corrected chi connectivity index (χ1v) is 40.9. The zero-order chi connectivity index (χ0) is 85.0. The lowest BCUT2D eigenvalue weighted by molar-refractivity contribution is -0.405. The van der Waals surface area contributed by atoms with Crippen molar-refractivity contribution in [2.45, 2.75) is 224 Å². The number of rotatable bonds is 46. The Kier molecular flexibility index (Phi) is 37.9. The highest BCUT2D eigenvalue weighted by Crippen LogP contribution is 2.43. The van der Waals surface area contributed by atoms with Crippen LogP contribution in [0.1, 0.15) is 33.4 Å². The van der Waals surface area contributed by atoms with Crippen molar-refractivity contribution in [2.24, 2.45) is 0 Å². The highest BCUT2D eigenvalue weighted by atomic mass is 16.8. The van der Waals surface area contributed by atoms with E-state index in [9.17, 15) is 10.2 Å². The molecular formula is C90H122O31. The average molecular weight is 1700 g/mol. The summed E-state index contributed by atoms with van der Waals surface area (Å²) in [6, 6.07) is 57.8. The Morgan fingerprint density at radius 3 is 0.603 bits per heavy atom. The molecule has 0 radical (unpaired) electrons. The Labute approximate surface area is 708 Å². The van der Waals surface area contributed by atoms with E-state index in [1.807, 2.05) is 182 Å². The second-order valence-corrected chi connectivity index (χ2v) is 30.3. The summed E-state index contributed by atoms with van der Waals surface area (Å²) in [6.45, 7) is 0.179. The van der Waals surface area contributed by atoms with Crippen molar-refractivity contribution >= 4 is 0 Å². The van der Waals surface area contributed by atoms with Crippen LogP contribution in [0.15, 0.2) is 182 Å². The summed E-state index contributed by atoms with van der Waals surface area (Å²) < 4.78 is 194. The molecule has 6 saturated heterocycles. The van der Waals surface area contributed by atoms with E-state index in [-0.39, 0.29) is 79.3 Å². The topological polar surface area (TPSA) is 308 Å². The van der Waals surface area contributed by atoms with Crippen LogP contribution in [0.25, 0.3) is 0 Å². The van der Waals surface area contributed by atoms with Gasteiger partial charge in [0.15, 0.2) is 37.7 Å². The van der Waals surface area contributed by atoms with E-state index in [1.165, 1.54) is 56.9 Å². The standard InChI is InChI=1S/C90H122O31/c1-93-49-61-67(91)73(105-43-55-31-19-13-20-32-55)80(100-8)86(112-61)118-69-63(51-95-3)114-88(82(102-10)75(69)107-45-57-35-23-15-24-36-57)120-71-65(53-97-5)116-90(84(104-12)77(71)109-47-59-39-27-17-28-40-59)121-72-66(54-98-6)115-89(83(103-11)78(72)110-48-60-41-29-18-30-42-60)119-70-64(52-96-4)113-87(81(101-9)76(70)108-46-58-37-25-16-26-38-58)117-68-62(50-94-2)111-85(92)79(99-7)74(68)106-44-56-33-21-14-22-34-56/h13-42,61-92H,43-54H2,1-12H3/t61-,62-,63-,64-,65-,66-,67-,68-,69-,70-,71-,72-,73+,74+,75+,76+,77+,78+,79-,80-,81-,82-,83-,84-,85?,86-,87-,88-,89-,90-/m1/s1. The van der Waals surface area contributed by atoms with Gasteiger partial charge in [-0.3, -0.25) is 0 Å². The second kappa shape index (κ2) is 48.7. The van der Waals surface area contributed by atoms with Gasteiger partial charge in [-0.15, -0.1) is 0 Å². The van der Waals surface area contributed by atoms with Crippen LogP contribution < -0.4 is 0 Å². The third-order valence-corrected chi connectivity index (χ3v) is 22.4. The van der Waals surface area contributed by atoms with Crippen LogP contribution >= 0.6 is 0 Å². The van der Waals surface area contributed by atoms with Crippen LogP contribution in [0, 0.1) is 0 Å². The first-order chi connectivity index (χ1) is 59.3. The molecule has 6 aromatic carbocycles. The van der Waals surface area contributed by atoms with Crippen LogP contribution in [0.4, 0.5) is 0 Å². The Balaban J connectivity index is 0.870. The summed E-state index contributed by atoms with van der Waals surface area (Å²) >= 11 is 0. The van der Waals surface area contributed by atoms with Crippen molar-refractivity contribution < 1.29 is 148 Å². The minimum absolute atomic E-state index is 0.0134. The van der Waals surface area contributed by atoms with Crippen LogP contribution in [-0.4, -0.2) is 319 Å². The molecule has 668 valence electrons. The van der Waals surface area contributed by atoms with Gasteiger partial charge in [-0.05, 0) is 33.4 Å². The first kappa shape index (κ1) is 94.2. The Bertz CT molecular complexity index is 3790. The third-order valence-electron chi connectivity index (χ3n) is 22.4. The summed E-state index contributed by atoms with van der Waals surface area (Å²) in [5.41, 5.74) is 5.09. The van der Waals surface area contributed by atoms with Crippen LogP contribution in [0.2, 0.25) is 0 Å². The fraction of sp³-hybridized carbons (Fsp3) is 0.600. The summed E-state index contributed by atoms with van der Waals surface area (Å²) in [7, 11) is 18.3. The van der Waals surface area contributed by atoms with Gasteiger partial charge in [0.1, 0.15) is 146 Å². The minimum atomic E-state index is -1.42. The Morgan fingerprint density at radius 1 is 0.207 bits per heavy atom. The highest BCUT2D eigenvalue weighted by molar-refractivity contribution is 5.19. The van der Waals surface area contributed by atoms with Gasteiger partial charge in [0.05, 0.1) is 79.3 Å². The summed E-state index contributed by atoms with van der Waals surface area (Å²) in [4.78, 5) is 0. The van der Waals surface area contributed by atoms with Gasteiger partial charge in [0, 0.05) is 85.3 Å². The smallest absolute Gasteiger partial charge is 0.187 e. The molecule has 6 fully saturated rings. The largest absolute Gasteiger partial charge is 0.387 e. The average Bonchev–Trinajstić information content (AvgIpc) is 0.761. The van der Waals surface area contributed by atoms with Gasteiger partial charge in [0.25, 0.3) is 0 Å². The van der Waals surface area contributed by atoms with Crippen molar-refractivity contribution in [3.63, 3.8) is 0 Å². The molecule has 1 unspecified atom stereocenters. The van der Waals surface area contributed by atoms with E-state index < -0.39 is 184 Å². The monoisotopic (exact) mass is 1700 g/mol. The SMILES string of the molecule is COC[C@H]1O[C@H](O[C@H]2[C@H](OCc3ccccc3)[C@@H](OC)[C@@H](O[C@H]3[C@H](OCc4ccccc4)[C@@H](OC)[C@@H](O[C@H]4[C@H](OCc5ccccc5)[C@@H](OC)[C@@H](O[C@H]5[C@H](OCc6ccccc6)[C@@H](OC)[C@@H](O[C@H]6[C@H](OCc7ccccc7)[C@@H](OC)C(O)O[C@@H]6COC)O[C@@H]5COC)O[C@@H]4COC)O[C@@H]3COC)O[C@@H]2COC)[C@H](OC)[C@@H](OCc2ccccc2)[C@@H]1O. The lowest BCUT2D eigenvalue weighted by atomic mass is 9.94. The molecule has 6 aliphatic rings. The van der Waals surface area contributed by atoms with Gasteiger partial charge >= 0.3 is 0 Å². The molecule has 6 aromatic rings. The maximum Gasteiger partial charge on any atom is 0.187 e. The molecule has 0 spiro atoms. The number of aliphatic hydroxyl groups excluding tert-OH is 2. The normalized spacial score (nSPS) is 34.7. The first-order valence-electron chi connectivity index (χ1n) is 40.9. The van der Waals surface area contributed by atoms with E-state index in [0.29, 0.717) is 0 Å². The van der Waals surface area contributed by atoms with Crippen LogP contribution in [0.5, 0.6) is 0 Å². The van der Waals surface area contributed by atoms with E-state index in [0.717, 1.165) is 33.4 Å². The van der Waals surface area contributed by atoms with Crippen molar-refractivity contribution in [3.8, 4) is 0 Å². The molecule has 121 heavy (non-hydrogen) atoms. The zero-order valence-electron chi connectivity index (χ0n) is 70.9. The highest BCUT2D eigenvalue weighted by Gasteiger charge is 2.61. The number of ether oxygens (including phenoxy) is 29. The maximum absolute atomic E-state index is 11.9. The fourth-order valence-electron chi connectivity index (χ4n) is 16.5. The molecule has 6 aliphatic heterocycles. The van der Waals surface area contributed by atoms with Crippen molar-refractivity contribution in [1.82, 2.24) is 0 Å². The summed E-state index contributed by atoms with van der Waals surface area (Å²) in [6.07, 6.45) is -33.1. The quantitative estimate of drug-likeness (QED) is 0.0385. The van der Waals surface area contributed by atoms with Crippen molar-refractivity contribution in [2.75, 3.05) is 125 Å². The molecule has 30 atom stereocenters. The van der Waals surface area contributed by atoms with Crippen LogP contribution in [0.3, 0.4) is 0 Å². The second-order valence-electron chi connectivity index (χ2n) is 30.3. The van der Waals surface area contributed by atoms with Crippen molar-refractivity contribution in [3.05, 3.63) is 215 Å².